The van der Waals surface area contributed by atoms with E-state index in [1.165, 1.54) is 12.1 Å². The van der Waals surface area contributed by atoms with Gasteiger partial charge in [0.05, 0.1) is 0 Å². The fourth-order valence-electron chi connectivity index (χ4n) is 1.53. The summed E-state index contributed by atoms with van der Waals surface area (Å²) < 4.78 is 26.9. The van der Waals surface area contributed by atoms with Crippen molar-refractivity contribution in [3.8, 4) is 0 Å². The molecule has 0 aliphatic rings. The van der Waals surface area contributed by atoms with Crippen molar-refractivity contribution in [1.29, 1.82) is 0 Å². The molecule has 0 saturated carbocycles. The van der Waals surface area contributed by atoms with Gasteiger partial charge in [0, 0.05) is 5.56 Å². The number of halogens is 2. The standard InChI is InChI=1S/C12H14F2O2/c1-11(2,3)8-6-4-5-7-9(8)12(13,14)10(15)16/h4-7H,1-3H3,(H,15,16). The number of benzene rings is 1. The molecule has 4 heteroatoms. The molecule has 0 heterocycles. The monoisotopic (exact) mass is 228 g/mol. The third-order valence-corrected chi connectivity index (χ3v) is 2.34. The second-order valence-corrected chi connectivity index (χ2v) is 4.68. The average molecular weight is 228 g/mol. The maximum Gasteiger partial charge on any atom is 0.379 e. The highest BCUT2D eigenvalue weighted by atomic mass is 19.3. The van der Waals surface area contributed by atoms with Crippen molar-refractivity contribution in [1.82, 2.24) is 0 Å². The maximum atomic E-state index is 13.5. The SMILES string of the molecule is CC(C)(C)c1ccccc1C(F)(F)C(=O)O. The smallest absolute Gasteiger partial charge is 0.379 e. The predicted octanol–water partition coefficient (Wildman–Crippen LogP) is 3.16. The highest BCUT2D eigenvalue weighted by Crippen LogP contribution is 2.36. The molecule has 0 bridgehead atoms. The van der Waals surface area contributed by atoms with E-state index in [4.69, 9.17) is 5.11 Å². The Hall–Kier alpha value is -1.45. The summed E-state index contributed by atoms with van der Waals surface area (Å²) in [5, 5.41) is 8.53. The quantitative estimate of drug-likeness (QED) is 0.844. The fraction of sp³-hybridized carbons (Fsp3) is 0.417. The molecule has 0 aromatic heterocycles. The van der Waals surface area contributed by atoms with E-state index >= 15 is 0 Å². The summed E-state index contributed by atoms with van der Waals surface area (Å²) >= 11 is 0. The summed E-state index contributed by atoms with van der Waals surface area (Å²) in [4.78, 5) is 10.6. The summed E-state index contributed by atoms with van der Waals surface area (Å²) in [5.74, 6) is -5.96. The lowest BCUT2D eigenvalue weighted by Gasteiger charge is -2.25. The minimum Gasteiger partial charge on any atom is -0.477 e. The van der Waals surface area contributed by atoms with Gasteiger partial charge in [0.25, 0.3) is 0 Å². The Morgan fingerprint density at radius 2 is 1.56 bits per heavy atom. The summed E-state index contributed by atoms with van der Waals surface area (Å²) in [6.07, 6.45) is 0. The molecule has 0 saturated heterocycles. The maximum absolute atomic E-state index is 13.5. The Kier molecular flexibility index (Phi) is 3.03. The van der Waals surface area contributed by atoms with Crippen molar-refractivity contribution in [3.05, 3.63) is 35.4 Å². The molecule has 88 valence electrons. The fourth-order valence-corrected chi connectivity index (χ4v) is 1.53. The first-order valence-electron chi connectivity index (χ1n) is 4.88. The van der Waals surface area contributed by atoms with Crippen LogP contribution in [-0.4, -0.2) is 11.1 Å². The molecule has 1 aromatic carbocycles. The number of carboxylic acid groups (broad SMARTS) is 1. The molecule has 0 aliphatic carbocycles. The minimum atomic E-state index is -3.84. The van der Waals surface area contributed by atoms with E-state index < -0.39 is 22.9 Å². The summed E-state index contributed by atoms with van der Waals surface area (Å²) in [6, 6.07) is 5.74. The van der Waals surface area contributed by atoms with E-state index in [2.05, 4.69) is 0 Å². The van der Waals surface area contributed by atoms with Crippen LogP contribution in [0.4, 0.5) is 8.78 Å². The zero-order valence-corrected chi connectivity index (χ0v) is 9.42. The van der Waals surface area contributed by atoms with Gasteiger partial charge in [-0.25, -0.2) is 4.79 Å². The number of carbonyl (C=O) groups is 1. The van der Waals surface area contributed by atoms with Crippen molar-refractivity contribution >= 4 is 5.97 Å². The third-order valence-electron chi connectivity index (χ3n) is 2.34. The van der Waals surface area contributed by atoms with Crippen LogP contribution in [-0.2, 0) is 16.1 Å². The third kappa shape index (κ3) is 2.21. The number of aliphatic carboxylic acids is 1. The molecule has 1 N–H and O–H groups in total. The van der Waals surface area contributed by atoms with Crippen LogP contribution in [0.3, 0.4) is 0 Å². The van der Waals surface area contributed by atoms with Crippen molar-refractivity contribution in [2.45, 2.75) is 32.1 Å². The molecular weight excluding hydrogens is 214 g/mol. The van der Waals surface area contributed by atoms with Gasteiger partial charge in [-0.05, 0) is 11.0 Å². The highest BCUT2D eigenvalue weighted by Gasteiger charge is 2.43. The van der Waals surface area contributed by atoms with Crippen LogP contribution < -0.4 is 0 Å². The van der Waals surface area contributed by atoms with Crippen LogP contribution in [0.15, 0.2) is 24.3 Å². The normalized spacial score (nSPS) is 12.6. The van der Waals surface area contributed by atoms with Gasteiger partial charge in [-0.2, -0.15) is 8.78 Å². The zero-order valence-electron chi connectivity index (χ0n) is 9.42. The minimum absolute atomic E-state index is 0.349. The van der Waals surface area contributed by atoms with E-state index in [0.717, 1.165) is 6.07 Å². The summed E-state index contributed by atoms with van der Waals surface area (Å²) in [7, 11) is 0. The summed E-state index contributed by atoms with van der Waals surface area (Å²) in [6.45, 7) is 5.30. The second kappa shape index (κ2) is 3.85. The van der Waals surface area contributed by atoms with Crippen LogP contribution in [0.2, 0.25) is 0 Å². The lowest BCUT2D eigenvalue weighted by Crippen LogP contribution is -2.29. The number of alkyl halides is 2. The van der Waals surface area contributed by atoms with E-state index in [1.807, 2.05) is 0 Å². The lowest BCUT2D eigenvalue weighted by atomic mass is 9.82. The highest BCUT2D eigenvalue weighted by molar-refractivity contribution is 5.78. The molecule has 0 spiro atoms. The lowest BCUT2D eigenvalue weighted by molar-refractivity contribution is -0.166. The van der Waals surface area contributed by atoms with Gasteiger partial charge in [-0.3, -0.25) is 0 Å². The first-order valence-corrected chi connectivity index (χ1v) is 4.88. The van der Waals surface area contributed by atoms with Gasteiger partial charge in [0.1, 0.15) is 0 Å². The second-order valence-electron chi connectivity index (χ2n) is 4.68. The number of rotatable bonds is 2. The molecule has 0 fully saturated rings. The van der Waals surface area contributed by atoms with Crippen LogP contribution in [0.1, 0.15) is 31.9 Å². The Labute approximate surface area is 92.9 Å². The van der Waals surface area contributed by atoms with Crippen molar-refractivity contribution in [2.24, 2.45) is 0 Å². The molecule has 2 nitrogen and oxygen atoms in total. The molecule has 0 unspecified atom stereocenters. The Bertz CT molecular complexity index is 406. The van der Waals surface area contributed by atoms with Gasteiger partial charge < -0.3 is 5.11 Å². The molecule has 0 aliphatic heterocycles. The van der Waals surface area contributed by atoms with Crippen molar-refractivity contribution in [3.63, 3.8) is 0 Å². The van der Waals surface area contributed by atoms with E-state index in [0.29, 0.717) is 5.56 Å². The van der Waals surface area contributed by atoms with Crippen LogP contribution in [0.25, 0.3) is 0 Å². The van der Waals surface area contributed by atoms with Gasteiger partial charge in [-0.15, -0.1) is 0 Å². The Morgan fingerprint density at radius 3 is 1.94 bits per heavy atom. The van der Waals surface area contributed by atoms with Gasteiger partial charge in [0.2, 0.25) is 0 Å². The summed E-state index contributed by atoms with van der Waals surface area (Å²) in [5.41, 5.74) is -0.604. The molecule has 0 amide bonds. The molecule has 1 rings (SSSR count). The molecule has 16 heavy (non-hydrogen) atoms. The topological polar surface area (TPSA) is 37.3 Å². The first kappa shape index (κ1) is 12.6. The predicted molar refractivity (Wildman–Crippen MR) is 56.7 cm³/mol. The number of hydrogen-bond donors (Lipinski definition) is 1. The first-order chi connectivity index (χ1) is 7.17. The van der Waals surface area contributed by atoms with Crippen molar-refractivity contribution in [2.75, 3.05) is 0 Å². The van der Waals surface area contributed by atoms with Crippen LogP contribution >= 0.6 is 0 Å². The van der Waals surface area contributed by atoms with Crippen molar-refractivity contribution < 1.29 is 18.7 Å². The molecule has 0 atom stereocenters. The average Bonchev–Trinajstić information content (AvgIpc) is 2.16. The van der Waals surface area contributed by atoms with Gasteiger partial charge in [0.15, 0.2) is 0 Å². The van der Waals surface area contributed by atoms with Gasteiger partial charge >= 0.3 is 11.9 Å². The van der Waals surface area contributed by atoms with E-state index in [1.54, 1.807) is 26.8 Å². The van der Waals surface area contributed by atoms with Crippen LogP contribution in [0, 0.1) is 0 Å². The van der Waals surface area contributed by atoms with Crippen LogP contribution in [0.5, 0.6) is 0 Å². The van der Waals surface area contributed by atoms with Gasteiger partial charge in [-0.1, -0.05) is 45.0 Å². The van der Waals surface area contributed by atoms with E-state index in [9.17, 15) is 13.6 Å². The number of carboxylic acids is 1. The Balaban J connectivity index is 3.41. The Morgan fingerprint density at radius 1 is 1.12 bits per heavy atom. The molecule has 0 radical (unpaired) electrons. The largest absolute Gasteiger partial charge is 0.477 e. The zero-order chi connectivity index (χ0) is 12.6. The van der Waals surface area contributed by atoms with E-state index in [-0.39, 0.29) is 0 Å². The molecule has 1 aromatic rings. The number of hydrogen-bond acceptors (Lipinski definition) is 1. The molecular formula is C12H14F2O2.